The summed E-state index contributed by atoms with van der Waals surface area (Å²) in [7, 11) is -3.65. The molecule has 0 amide bonds. The second kappa shape index (κ2) is 5.99. The van der Waals surface area contributed by atoms with Gasteiger partial charge in [0.05, 0.1) is 11.5 Å². The molecule has 100 valence electrons. The summed E-state index contributed by atoms with van der Waals surface area (Å²) in [6.07, 6.45) is 0.575. The van der Waals surface area contributed by atoms with Crippen LogP contribution in [-0.4, -0.2) is 15.0 Å². The van der Waals surface area contributed by atoms with E-state index in [-0.39, 0.29) is 11.5 Å². The third kappa shape index (κ3) is 3.91. The van der Waals surface area contributed by atoms with Crippen LogP contribution in [0.15, 0.2) is 59.5 Å². The maximum atomic E-state index is 11.9. The van der Waals surface area contributed by atoms with Crippen molar-refractivity contribution in [2.24, 2.45) is 0 Å². The van der Waals surface area contributed by atoms with Gasteiger partial charge < -0.3 is 0 Å². The number of benzene rings is 2. The SMILES string of the molecule is Cc1ccc(S(=O)(=O)OCCc2ccccc2)cc1. The molecule has 0 unspecified atom stereocenters. The molecule has 0 aromatic heterocycles. The maximum absolute atomic E-state index is 11.9. The first-order valence-electron chi connectivity index (χ1n) is 6.08. The summed E-state index contributed by atoms with van der Waals surface area (Å²) in [4.78, 5) is 0.200. The summed E-state index contributed by atoms with van der Waals surface area (Å²) in [5.74, 6) is 0. The van der Waals surface area contributed by atoms with Gasteiger partial charge in [0, 0.05) is 0 Å². The Balaban J connectivity index is 1.97. The quantitative estimate of drug-likeness (QED) is 0.789. The van der Waals surface area contributed by atoms with Crippen molar-refractivity contribution >= 4 is 10.1 Å². The molecule has 0 aliphatic rings. The van der Waals surface area contributed by atoms with Crippen LogP contribution in [0.25, 0.3) is 0 Å². The van der Waals surface area contributed by atoms with Crippen molar-refractivity contribution in [3.05, 3.63) is 65.7 Å². The Labute approximate surface area is 114 Å². The Hall–Kier alpha value is -1.65. The predicted molar refractivity (Wildman–Crippen MR) is 74.5 cm³/mol. The fourth-order valence-corrected chi connectivity index (χ4v) is 2.60. The zero-order valence-electron chi connectivity index (χ0n) is 10.7. The van der Waals surface area contributed by atoms with Gasteiger partial charge in [-0.25, -0.2) is 0 Å². The molecule has 2 rings (SSSR count). The number of rotatable bonds is 5. The average Bonchev–Trinajstić information content (AvgIpc) is 2.40. The van der Waals surface area contributed by atoms with E-state index in [1.54, 1.807) is 24.3 Å². The van der Waals surface area contributed by atoms with Crippen LogP contribution >= 0.6 is 0 Å². The second-order valence-corrected chi connectivity index (χ2v) is 5.94. The molecule has 0 N–H and O–H groups in total. The summed E-state index contributed by atoms with van der Waals surface area (Å²) in [6.45, 7) is 2.06. The van der Waals surface area contributed by atoms with Gasteiger partial charge in [-0.1, -0.05) is 48.0 Å². The molecular weight excluding hydrogens is 260 g/mol. The average molecular weight is 276 g/mol. The lowest BCUT2D eigenvalue weighted by Crippen LogP contribution is -2.09. The zero-order chi connectivity index (χ0) is 13.7. The molecular formula is C15H16O3S. The summed E-state index contributed by atoms with van der Waals surface area (Å²) in [6, 6.07) is 16.3. The molecule has 0 aliphatic carbocycles. The highest BCUT2D eigenvalue weighted by atomic mass is 32.2. The van der Waals surface area contributed by atoms with Crippen LogP contribution in [0.1, 0.15) is 11.1 Å². The lowest BCUT2D eigenvalue weighted by atomic mass is 10.2. The molecule has 0 aliphatic heterocycles. The van der Waals surface area contributed by atoms with Gasteiger partial charge in [-0.05, 0) is 31.0 Å². The lowest BCUT2D eigenvalue weighted by molar-refractivity contribution is 0.322. The van der Waals surface area contributed by atoms with Gasteiger partial charge in [-0.15, -0.1) is 0 Å². The van der Waals surface area contributed by atoms with E-state index in [4.69, 9.17) is 4.18 Å². The molecule has 0 radical (unpaired) electrons. The van der Waals surface area contributed by atoms with Crippen LogP contribution in [0.5, 0.6) is 0 Å². The third-order valence-electron chi connectivity index (χ3n) is 2.78. The predicted octanol–water partition coefficient (Wildman–Crippen LogP) is 2.94. The third-order valence-corrected chi connectivity index (χ3v) is 4.11. The Morgan fingerprint density at radius 1 is 0.947 bits per heavy atom. The Bertz CT molecular complexity index is 616. The van der Waals surface area contributed by atoms with E-state index >= 15 is 0 Å². The molecule has 4 heteroatoms. The van der Waals surface area contributed by atoms with Gasteiger partial charge in [0.15, 0.2) is 0 Å². The fraction of sp³-hybridized carbons (Fsp3) is 0.200. The topological polar surface area (TPSA) is 43.4 Å². The molecule has 19 heavy (non-hydrogen) atoms. The largest absolute Gasteiger partial charge is 0.296 e. The normalized spacial score (nSPS) is 11.4. The van der Waals surface area contributed by atoms with Crippen LogP contribution in [-0.2, 0) is 20.7 Å². The Morgan fingerprint density at radius 2 is 1.58 bits per heavy atom. The van der Waals surface area contributed by atoms with Crippen molar-refractivity contribution in [2.75, 3.05) is 6.61 Å². The van der Waals surface area contributed by atoms with Gasteiger partial charge in [0.2, 0.25) is 0 Å². The minimum Gasteiger partial charge on any atom is -0.266 e. The van der Waals surface area contributed by atoms with Crippen LogP contribution in [0, 0.1) is 6.92 Å². The van der Waals surface area contributed by atoms with Crippen molar-refractivity contribution in [3.8, 4) is 0 Å². The van der Waals surface area contributed by atoms with Crippen molar-refractivity contribution in [2.45, 2.75) is 18.2 Å². The lowest BCUT2D eigenvalue weighted by Gasteiger charge is -2.06. The highest BCUT2D eigenvalue weighted by molar-refractivity contribution is 7.86. The van der Waals surface area contributed by atoms with Gasteiger partial charge >= 0.3 is 0 Å². The van der Waals surface area contributed by atoms with Crippen molar-refractivity contribution < 1.29 is 12.6 Å². The molecule has 0 heterocycles. The van der Waals surface area contributed by atoms with Gasteiger partial charge in [0.25, 0.3) is 10.1 Å². The van der Waals surface area contributed by atoms with E-state index in [2.05, 4.69) is 0 Å². The molecule has 0 spiro atoms. The van der Waals surface area contributed by atoms with Crippen LogP contribution in [0.3, 0.4) is 0 Å². The Kier molecular flexibility index (Phi) is 4.35. The van der Waals surface area contributed by atoms with Gasteiger partial charge in [0.1, 0.15) is 0 Å². The number of aryl methyl sites for hydroxylation is 1. The van der Waals surface area contributed by atoms with Crippen molar-refractivity contribution in [3.63, 3.8) is 0 Å². The van der Waals surface area contributed by atoms with E-state index in [0.717, 1.165) is 11.1 Å². The number of hydrogen-bond donors (Lipinski definition) is 0. The molecule has 3 nitrogen and oxygen atoms in total. The maximum Gasteiger partial charge on any atom is 0.296 e. The standard InChI is InChI=1S/C15H16O3S/c1-13-7-9-15(10-8-13)19(16,17)18-12-11-14-5-3-2-4-6-14/h2-10H,11-12H2,1H3. The van der Waals surface area contributed by atoms with Crippen LogP contribution in [0.4, 0.5) is 0 Å². The van der Waals surface area contributed by atoms with Gasteiger partial charge in [-0.2, -0.15) is 8.42 Å². The van der Waals surface area contributed by atoms with Crippen LogP contribution < -0.4 is 0 Å². The second-order valence-electron chi connectivity index (χ2n) is 4.32. The van der Waals surface area contributed by atoms with Crippen LogP contribution in [0.2, 0.25) is 0 Å². The number of hydrogen-bond acceptors (Lipinski definition) is 3. The monoisotopic (exact) mass is 276 g/mol. The van der Waals surface area contributed by atoms with E-state index < -0.39 is 10.1 Å². The van der Waals surface area contributed by atoms with Crippen molar-refractivity contribution in [1.29, 1.82) is 0 Å². The first-order valence-corrected chi connectivity index (χ1v) is 7.49. The van der Waals surface area contributed by atoms with Gasteiger partial charge in [-0.3, -0.25) is 4.18 Å². The van der Waals surface area contributed by atoms with E-state index in [0.29, 0.717) is 6.42 Å². The first kappa shape index (κ1) is 13.8. The smallest absolute Gasteiger partial charge is 0.266 e. The molecule has 0 saturated heterocycles. The molecule has 0 bridgehead atoms. The highest BCUT2D eigenvalue weighted by Gasteiger charge is 2.14. The molecule has 0 fully saturated rings. The van der Waals surface area contributed by atoms with E-state index in [1.807, 2.05) is 37.3 Å². The molecule has 2 aromatic rings. The molecule has 0 atom stereocenters. The summed E-state index contributed by atoms with van der Waals surface area (Å²) >= 11 is 0. The first-order chi connectivity index (χ1) is 9.08. The highest BCUT2D eigenvalue weighted by Crippen LogP contribution is 2.13. The Morgan fingerprint density at radius 3 is 2.21 bits per heavy atom. The van der Waals surface area contributed by atoms with E-state index in [1.165, 1.54) is 0 Å². The van der Waals surface area contributed by atoms with E-state index in [9.17, 15) is 8.42 Å². The summed E-state index contributed by atoms with van der Waals surface area (Å²) in [5, 5.41) is 0. The molecule has 0 saturated carbocycles. The molecule has 2 aromatic carbocycles. The summed E-state index contributed by atoms with van der Waals surface area (Å²) < 4.78 is 28.9. The minimum atomic E-state index is -3.65. The summed E-state index contributed by atoms with van der Waals surface area (Å²) in [5.41, 5.74) is 2.07. The van der Waals surface area contributed by atoms with Crippen molar-refractivity contribution in [1.82, 2.24) is 0 Å². The zero-order valence-corrected chi connectivity index (χ0v) is 11.6. The minimum absolute atomic E-state index is 0.153. The fourth-order valence-electron chi connectivity index (χ4n) is 1.69.